The Labute approximate surface area is 120 Å². The van der Waals surface area contributed by atoms with Crippen molar-refractivity contribution in [3.05, 3.63) is 58.1 Å². The average Bonchev–Trinajstić information content (AvgIpc) is 2.46. The molecule has 0 unspecified atom stereocenters. The van der Waals surface area contributed by atoms with Crippen molar-refractivity contribution in [2.24, 2.45) is 0 Å². The summed E-state index contributed by atoms with van der Waals surface area (Å²) in [7, 11) is 1.63. The fraction of sp³-hybridized carbons (Fsp3) is 0.133. The van der Waals surface area contributed by atoms with Crippen LogP contribution in [0.15, 0.2) is 46.9 Å². The van der Waals surface area contributed by atoms with Crippen LogP contribution in [0, 0.1) is 0 Å². The molecule has 0 atom stereocenters. The molecule has 0 aliphatic rings. The summed E-state index contributed by atoms with van der Waals surface area (Å²) in [6, 6.07) is 12.8. The molecular weight excluding hydrogens is 308 g/mol. The zero-order chi connectivity index (χ0) is 13.7. The Bertz CT molecular complexity index is 564. The Balaban J connectivity index is 2.09. The van der Waals surface area contributed by atoms with Crippen LogP contribution in [0.25, 0.3) is 0 Å². The van der Waals surface area contributed by atoms with Gasteiger partial charge in [-0.2, -0.15) is 0 Å². The van der Waals surface area contributed by atoms with Crippen LogP contribution in [0.3, 0.4) is 0 Å². The number of hydrogen-bond acceptors (Lipinski definition) is 3. The van der Waals surface area contributed by atoms with Gasteiger partial charge in [0.05, 0.1) is 7.11 Å². The van der Waals surface area contributed by atoms with Gasteiger partial charge in [-0.1, -0.05) is 15.9 Å². The molecule has 0 saturated heterocycles. The molecular formula is C15H13BrO3. The SMILES string of the molecule is COc1ccc(Br)cc1COc1ccc(C=O)cc1. The molecule has 2 aromatic carbocycles. The fourth-order valence-corrected chi connectivity index (χ4v) is 2.07. The molecule has 0 amide bonds. The van der Waals surface area contributed by atoms with Crippen molar-refractivity contribution >= 4 is 22.2 Å². The predicted molar refractivity (Wildman–Crippen MR) is 76.9 cm³/mol. The maximum absolute atomic E-state index is 10.6. The third kappa shape index (κ3) is 3.58. The van der Waals surface area contributed by atoms with Crippen molar-refractivity contribution in [3.8, 4) is 11.5 Å². The Kier molecular flexibility index (Phi) is 4.58. The van der Waals surface area contributed by atoms with Crippen molar-refractivity contribution in [1.29, 1.82) is 0 Å². The maximum Gasteiger partial charge on any atom is 0.150 e. The molecule has 3 nitrogen and oxygen atoms in total. The summed E-state index contributed by atoms with van der Waals surface area (Å²) >= 11 is 3.42. The molecule has 0 radical (unpaired) electrons. The third-order valence-corrected chi connectivity index (χ3v) is 3.15. The summed E-state index contributed by atoms with van der Waals surface area (Å²) in [6.45, 7) is 0.406. The van der Waals surface area contributed by atoms with E-state index in [0.717, 1.165) is 22.1 Å². The molecule has 19 heavy (non-hydrogen) atoms. The predicted octanol–water partition coefficient (Wildman–Crippen LogP) is 3.85. The van der Waals surface area contributed by atoms with Crippen LogP contribution in [0.4, 0.5) is 0 Å². The summed E-state index contributed by atoms with van der Waals surface area (Å²) in [4.78, 5) is 10.6. The number of halogens is 1. The lowest BCUT2D eigenvalue weighted by Crippen LogP contribution is -1.99. The minimum atomic E-state index is 0.406. The Morgan fingerprint density at radius 1 is 1.16 bits per heavy atom. The Morgan fingerprint density at radius 2 is 1.89 bits per heavy atom. The molecule has 2 rings (SSSR count). The normalized spacial score (nSPS) is 10.0. The Morgan fingerprint density at radius 3 is 2.53 bits per heavy atom. The number of benzene rings is 2. The van der Waals surface area contributed by atoms with Crippen molar-refractivity contribution in [3.63, 3.8) is 0 Å². The summed E-state index contributed by atoms with van der Waals surface area (Å²) in [6.07, 6.45) is 0.807. The smallest absolute Gasteiger partial charge is 0.150 e. The summed E-state index contributed by atoms with van der Waals surface area (Å²) in [5.74, 6) is 1.50. The first kappa shape index (κ1) is 13.6. The van der Waals surface area contributed by atoms with E-state index in [9.17, 15) is 4.79 Å². The van der Waals surface area contributed by atoms with E-state index < -0.39 is 0 Å². The van der Waals surface area contributed by atoms with E-state index in [1.54, 1.807) is 31.4 Å². The first-order valence-corrected chi connectivity index (χ1v) is 6.52. The average molecular weight is 321 g/mol. The molecule has 0 spiro atoms. The number of carbonyl (C=O) groups excluding carboxylic acids is 1. The molecule has 0 aliphatic heterocycles. The van der Waals surface area contributed by atoms with Gasteiger partial charge in [-0.3, -0.25) is 4.79 Å². The van der Waals surface area contributed by atoms with Crippen molar-refractivity contribution in [2.45, 2.75) is 6.61 Å². The third-order valence-electron chi connectivity index (χ3n) is 2.65. The molecule has 0 saturated carbocycles. The standard InChI is InChI=1S/C15H13BrO3/c1-18-15-7-4-13(16)8-12(15)10-19-14-5-2-11(9-17)3-6-14/h2-9H,10H2,1H3. The van der Waals surface area contributed by atoms with Gasteiger partial charge in [0.2, 0.25) is 0 Å². The molecule has 0 fully saturated rings. The second-order valence-electron chi connectivity index (χ2n) is 3.93. The number of rotatable bonds is 5. The lowest BCUT2D eigenvalue weighted by atomic mass is 10.2. The highest BCUT2D eigenvalue weighted by Crippen LogP contribution is 2.24. The topological polar surface area (TPSA) is 35.5 Å². The molecule has 4 heteroatoms. The van der Waals surface area contributed by atoms with Gasteiger partial charge in [-0.15, -0.1) is 0 Å². The van der Waals surface area contributed by atoms with Gasteiger partial charge in [0, 0.05) is 15.6 Å². The van der Waals surface area contributed by atoms with Crippen molar-refractivity contribution in [2.75, 3.05) is 7.11 Å². The van der Waals surface area contributed by atoms with Crippen LogP contribution >= 0.6 is 15.9 Å². The van der Waals surface area contributed by atoms with Gasteiger partial charge < -0.3 is 9.47 Å². The van der Waals surface area contributed by atoms with Crippen LogP contribution in [0.1, 0.15) is 15.9 Å². The second kappa shape index (κ2) is 6.38. The highest BCUT2D eigenvalue weighted by Gasteiger charge is 2.04. The van der Waals surface area contributed by atoms with E-state index in [2.05, 4.69) is 15.9 Å². The lowest BCUT2D eigenvalue weighted by molar-refractivity contribution is 0.112. The minimum absolute atomic E-state index is 0.406. The quantitative estimate of drug-likeness (QED) is 0.785. The van der Waals surface area contributed by atoms with Crippen LogP contribution in [0.2, 0.25) is 0 Å². The van der Waals surface area contributed by atoms with E-state index in [0.29, 0.717) is 17.9 Å². The molecule has 98 valence electrons. The summed E-state index contributed by atoms with van der Waals surface area (Å²) in [5.41, 5.74) is 1.59. The van der Waals surface area contributed by atoms with Gasteiger partial charge >= 0.3 is 0 Å². The lowest BCUT2D eigenvalue weighted by Gasteiger charge is -2.10. The maximum atomic E-state index is 10.6. The number of methoxy groups -OCH3 is 1. The van der Waals surface area contributed by atoms with Gasteiger partial charge in [0.15, 0.2) is 0 Å². The zero-order valence-corrected chi connectivity index (χ0v) is 12.0. The highest BCUT2D eigenvalue weighted by molar-refractivity contribution is 9.10. The van der Waals surface area contributed by atoms with E-state index in [1.165, 1.54) is 0 Å². The van der Waals surface area contributed by atoms with Crippen molar-refractivity contribution < 1.29 is 14.3 Å². The summed E-state index contributed by atoms with van der Waals surface area (Å²) in [5, 5.41) is 0. The monoisotopic (exact) mass is 320 g/mol. The van der Waals surface area contributed by atoms with Crippen LogP contribution in [-0.4, -0.2) is 13.4 Å². The second-order valence-corrected chi connectivity index (χ2v) is 4.85. The molecule has 0 bridgehead atoms. The summed E-state index contributed by atoms with van der Waals surface area (Å²) < 4.78 is 11.9. The molecule has 0 heterocycles. The number of aldehydes is 1. The first-order chi connectivity index (χ1) is 9.22. The number of carbonyl (C=O) groups is 1. The highest BCUT2D eigenvalue weighted by atomic mass is 79.9. The van der Waals surface area contributed by atoms with Gasteiger partial charge in [0.1, 0.15) is 24.4 Å². The van der Waals surface area contributed by atoms with Crippen LogP contribution < -0.4 is 9.47 Å². The minimum Gasteiger partial charge on any atom is -0.496 e. The van der Waals surface area contributed by atoms with E-state index in [-0.39, 0.29) is 0 Å². The van der Waals surface area contributed by atoms with E-state index >= 15 is 0 Å². The molecule has 0 aromatic heterocycles. The zero-order valence-electron chi connectivity index (χ0n) is 10.4. The largest absolute Gasteiger partial charge is 0.496 e. The van der Waals surface area contributed by atoms with Crippen LogP contribution in [0.5, 0.6) is 11.5 Å². The number of hydrogen-bond donors (Lipinski definition) is 0. The van der Waals surface area contributed by atoms with Gasteiger partial charge in [0.25, 0.3) is 0 Å². The van der Waals surface area contributed by atoms with E-state index in [1.807, 2.05) is 18.2 Å². The van der Waals surface area contributed by atoms with Gasteiger partial charge in [-0.05, 0) is 42.5 Å². The van der Waals surface area contributed by atoms with E-state index in [4.69, 9.17) is 9.47 Å². The molecule has 0 N–H and O–H groups in total. The van der Waals surface area contributed by atoms with Crippen LogP contribution in [-0.2, 0) is 6.61 Å². The molecule has 0 aliphatic carbocycles. The Hall–Kier alpha value is -1.81. The first-order valence-electron chi connectivity index (χ1n) is 5.73. The van der Waals surface area contributed by atoms with Gasteiger partial charge in [-0.25, -0.2) is 0 Å². The fourth-order valence-electron chi connectivity index (χ4n) is 1.66. The van der Waals surface area contributed by atoms with Crippen molar-refractivity contribution in [1.82, 2.24) is 0 Å². The number of ether oxygens (including phenoxy) is 2. The molecule has 2 aromatic rings.